The highest BCUT2D eigenvalue weighted by Crippen LogP contribution is 2.07. The summed E-state index contributed by atoms with van der Waals surface area (Å²) >= 11 is 0. The van der Waals surface area contributed by atoms with Crippen LogP contribution in [-0.2, 0) is 6.61 Å². The van der Waals surface area contributed by atoms with E-state index >= 15 is 0 Å². The molecule has 4 heteroatoms. The highest BCUT2D eigenvalue weighted by Gasteiger charge is 1.98. The summed E-state index contributed by atoms with van der Waals surface area (Å²) in [4.78, 5) is 7.17. The lowest BCUT2D eigenvalue weighted by atomic mass is 10.2. The Morgan fingerprint density at radius 1 is 1.13 bits per heavy atom. The number of halogens is 1. The molecule has 0 N–H and O–H groups in total. The van der Waals surface area contributed by atoms with Gasteiger partial charge in [0.1, 0.15) is 6.61 Å². The van der Waals surface area contributed by atoms with Crippen LogP contribution in [-0.4, -0.2) is 9.97 Å². The predicted molar refractivity (Wildman–Crippen MR) is 52.8 cm³/mol. The Kier molecular flexibility index (Phi) is 2.88. The number of rotatable bonds is 3. The summed E-state index contributed by atoms with van der Waals surface area (Å²) in [6, 6.07) is 9.59. The maximum Gasteiger partial charge on any atom is 0.235 e. The van der Waals surface area contributed by atoms with Crippen molar-refractivity contribution in [2.45, 2.75) is 6.61 Å². The third kappa shape index (κ3) is 2.74. The van der Waals surface area contributed by atoms with Crippen molar-refractivity contribution in [1.82, 2.24) is 9.97 Å². The highest BCUT2D eigenvalue weighted by atomic mass is 19.1. The van der Waals surface area contributed by atoms with E-state index in [4.69, 9.17) is 4.74 Å². The number of aromatic nitrogens is 2. The third-order valence-electron chi connectivity index (χ3n) is 1.81. The van der Waals surface area contributed by atoms with Crippen LogP contribution in [0.15, 0.2) is 42.7 Å². The number of hydrogen-bond acceptors (Lipinski definition) is 3. The van der Waals surface area contributed by atoms with E-state index in [9.17, 15) is 4.39 Å². The maximum absolute atomic E-state index is 12.6. The smallest absolute Gasteiger partial charge is 0.235 e. The van der Waals surface area contributed by atoms with Crippen LogP contribution in [0.25, 0.3) is 0 Å². The van der Waals surface area contributed by atoms with Crippen molar-refractivity contribution in [2.24, 2.45) is 0 Å². The first kappa shape index (κ1) is 9.58. The normalized spacial score (nSPS) is 9.93. The van der Waals surface area contributed by atoms with Gasteiger partial charge in [-0.2, -0.15) is 9.37 Å². The number of hydrogen-bond donors (Lipinski definition) is 0. The summed E-state index contributed by atoms with van der Waals surface area (Å²) in [5, 5.41) is 0. The second-order valence-electron chi connectivity index (χ2n) is 2.95. The molecular formula is C11H9FN2O. The summed E-state index contributed by atoms with van der Waals surface area (Å²) in [5.41, 5.74) is 1.00. The van der Waals surface area contributed by atoms with E-state index in [-0.39, 0.29) is 5.88 Å². The van der Waals surface area contributed by atoms with Crippen molar-refractivity contribution >= 4 is 0 Å². The molecule has 0 aliphatic carbocycles. The van der Waals surface area contributed by atoms with Crippen LogP contribution in [0.2, 0.25) is 0 Å². The zero-order valence-corrected chi connectivity index (χ0v) is 7.93. The van der Waals surface area contributed by atoms with Gasteiger partial charge < -0.3 is 4.74 Å². The molecule has 3 nitrogen and oxygen atoms in total. The van der Waals surface area contributed by atoms with E-state index in [0.717, 1.165) is 11.8 Å². The minimum atomic E-state index is -0.638. The third-order valence-corrected chi connectivity index (χ3v) is 1.81. The van der Waals surface area contributed by atoms with Gasteiger partial charge in [0, 0.05) is 0 Å². The van der Waals surface area contributed by atoms with Gasteiger partial charge in [0.2, 0.25) is 11.8 Å². The SMILES string of the molecule is Fc1cncc(OCc2ccccc2)n1. The van der Waals surface area contributed by atoms with Crippen LogP contribution in [0.1, 0.15) is 5.56 Å². The molecule has 1 aromatic carbocycles. The zero-order valence-electron chi connectivity index (χ0n) is 7.93. The standard InChI is InChI=1S/C11H9FN2O/c12-10-6-13-7-11(14-10)15-8-9-4-2-1-3-5-9/h1-7H,8H2. The fourth-order valence-corrected chi connectivity index (χ4v) is 1.13. The van der Waals surface area contributed by atoms with Crippen LogP contribution in [0.3, 0.4) is 0 Å². The van der Waals surface area contributed by atoms with Crippen molar-refractivity contribution in [1.29, 1.82) is 0 Å². The molecule has 1 aromatic heterocycles. The van der Waals surface area contributed by atoms with Gasteiger partial charge >= 0.3 is 0 Å². The van der Waals surface area contributed by atoms with Gasteiger partial charge in [0.25, 0.3) is 0 Å². The highest BCUT2D eigenvalue weighted by molar-refractivity contribution is 5.14. The van der Waals surface area contributed by atoms with Crippen molar-refractivity contribution in [2.75, 3.05) is 0 Å². The molecule has 2 aromatic rings. The summed E-state index contributed by atoms with van der Waals surface area (Å²) in [5.74, 6) is -0.445. The van der Waals surface area contributed by atoms with E-state index in [0.29, 0.717) is 6.61 Å². The Morgan fingerprint density at radius 3 is 2.67 bits per heavy atom. The quantitative estimate of drug-likeness (QED) is 0.768. The van der Waals surface area contributed by atoms with Crippen molar-refractivity contribution < 1.29 is 9.13 Å². The zero-order chi connectivity index (χ0) is 10.5. The second kappa shape index (κ2) is 4.50. The Balaban J connectivity index is 1.99. The number of ether oxygens (including phenoxy) is 1. The molecule has 0 aliphatic heterocycles. The lowest BCUT2D eigenvalue weighted by Crippen LogP contribution is -1.98. The molecule has 0 atom stereocenters. The molecule has 76 valence electrons. The minimum Gasteiger partial charge on any atom is -0.472 e. The van der Waals surface area contributed by atoms with Crippen LogP contribution in [0.4, 0.5) is 4.39 Å². The number of benzene rings is 1. The first-order valence-electron chi connectivity index (χ1n) is 4.49. The average molecular weight is 204 g/mol. The fraction of sp³-hybridized carbons (Fsp3) is 0.0909. The van der Waals surface area contributed by atoms with E-state index in [1.807, 2.05) is 30.3 Å². The summed E-state index contributed by atoms with van der Waals surface area (Å²) in [6.07, 6.45) is 2.42. The lowest BCUT2D eigenvalue weighted by Gasteiger charge is -2.03. The monoisotopic (exact) mass is 204 g/mol. The van der Waals surface area contributed by atoms with Gasteiger partial charge in [-0.1, -0.05) is 30.3 Å². The molecule has 0 aliphatic rings. The van der Waals surface area contributed by atoms with Gasteiger partial charge in [-0.05, 0) is 5.56 Å². The van der Waals surface area contributed by atoms with Crippen molar-refractivity contribution in [3.63, 3.8) is 0 Å². The first-order valence-corrected chi connectivity index (χ1v) is 4.49. The van der Waals surface area contributed by atoms with Gasteiger partial charge in [-0.15, -0.1) is 0 Å². The molecule has 0 radical (unpaired) electrons. The lowest BCUT2D eigenvalue weighted by molar-refractivity contribution is 0.287. The largest absolute Gasteiger partial charge is 0.472 e. The van der Waals surface area contributed by atoms with Gasteiger partial charge in [-0.3, -0.25) is 4.98 Å². The molecular weight excluding hydrogens is 195 g/mol. The van der Waals surface area contributed by atoms with Crippen molar-refractivity contribution in [3.05, 3.63) is 54.2 Å². The minimum absolute atomic E-state index is 0.193. The van der Waals surface area contributed by atoms with E-state index < -0.39 is 5.95 Å². The number of nitrogens with zero attached hydrogens (tertiary/aromatic N) is 2. The molecule has 0 spiro atoms. The van der Waals surface area contributed by atoms with Gasteiger partial charge in [-0.25, -0.2) is 0 Å². The molecule has 0 saturated heterocycles. The average Bonchev–Trinajstić information content (AvgIpc) is 2.28. The Bertz CT molecular complexity index is 434. The van der Waals surface area contributed by atoms with E-state index in [1.54, 1.807) is 0 Å². The fourth-order valence-electron chi connectivity index (χ4n) is 1.13. The first-order chi connectivity index (χ1) is 7.34. The summed E-state index contributed by atoms with van der Waals surface area (Å²) in [6.45, 7) is 0.360. The van der Waals surface area contributed by atoms with Gasteiger partial charge in [0.15, 0.2) is 0 Å². The van der Waals surface area contributed by atoms with Crippen LogP contribution < -0.4 is 4.74 Å². The molecule has 0 amide bonds. The summed E-state index contributed by atoms with van der Waals surface area (Å²) in [7, 11) is 0. The van der Waals surface area contributed by atoms with Crippen LogP contribution in [0.5, 0.6) is 5.88 Å². The Hall–Kier alpha value is -1.97. The second-order valence-corrected chi connectivity index (χ2v) is 2.95. The topological polar surface area (TPSA) is 35.0 Å². The predicted octanol–water partition coefficient (Wildman–Crippen LogP) is 2.19. The molecule has 0 unspecified atom stereocenters. The van der Waals surface area contributed by atoms with Gasteiger partial charge in [0.05, 0.1) is 12.4 Å². The molecule has 2 rings (SSSR count). The van der Waals surface area contributed by atoms with Crippen molar-refractivity contribution in [3.8, 4) is 5.88 Å². The van der Waals surface area contributed by atoms with Crippen LogP contribution in [0, 0.1) is 5.95 Å². The molecule has 0 saturated carbocycles. The Morgan fingerprint density at radius 2 is 1.93 bits per heavy atom. The maximum atomic E-state index is 12.6. The summed E-state index contributed by atoms with van der Waals surface area (Å²) < 4.78 is 17.9. The van der Waals surface area contributed by atoms with E-state index in [1.165, 1.54) is 6.20 Å². The van der Waals surface area contributed by atoms with Crippen LogP contribution >= 0.6 is 0 Å². The molecule has 1 heterocycles. The molecule has 0 bridgehead atoms. The van der Waals surface area contributed by atoms with E-state index in [2.05, 4.69) is 9.97 Å². The molecule has 0 fully saturated rings. The Labute approximate surface area is 86.6 Å². The molecule has 15 heavy (non-hydrogen) atoms.